The van der Waals surface area contributed by atoms with Crippen molar-refractivity contribution in [3.8, 4) is 0 Å². The molecule has 5 heteroatoms. The first kappa shape index (κ1) is 25.5. The van der Waals surface area contributed by atoms with Gasteiger partial charge in [-0.05, 0) is 41.7 Å². The van der Waals surface area contributed by atoms with Crippen molar-refractivity contribution >= 4 is 23.4 Å². The van der Waals surface area contributed by atoms with Gasteiger partial charge in [0, 0.05) is 30.5 Å². The van der Waals surface area contributed by atoms with E-state index in [1.807, 2.05) is 92.7 Å². The summed E-state index contributed by atoms with van der Waals surface area (Å²) >= 11 is 6.20. The second-order valence-electron chi connectivity index (χ2n) is 9.04. The van der Waals surface area contributed by atoms with Crippen molar-refractivity contribution in [3.05, 3.63) is 107 Å². The SMILES string of the molecule is CC(C)CNC(=O)[C@H](C)N(Cc1cccc(Cl)c1)C(=O)CC(c1ccccc1)c1ccccc1. The molecule has 0 aliphatic rings. The summed E-state index contributed by atoms with van der Waals surface area (Å²) < 4.78 is 0. The Morgan fingerprint density at radius 1 is 0.853 bits per heavy atom. The van der Waals surface area contributed by atoms with E-state index in [0.717, 1.165) is 16.7 Å². The molecule has 3 rings (SSSR count). The van der Waals surface area contributed by atoms with E-state index in [2.05, 4.69) is 5.32 Å². The summed E-state index contributed by atoms with van der Waals surface area (Å²) in [6, 6.07) is 26.9. The van der Waals surface area contributed by atoms with Crippen LogP contribution >= 0.6 is 11.6 Å². The van der Waals surface area contributed by atoms with Crippen molar-refractivity contribution < 1.29 is 9.59 Å². The number of halogens is 1. The topological polar surface area (TPSA) is 49.4 Å². The molecule has 0 saturated carbocycles. The van der Waals surface area contributed by atoms with Crippen molar-refractivity contribution in [1.82, 2.24) is 10.2 Å². The molecule has 1 N–H and O–H groups in total. The fourth-order valence-corrected chi connectivity index (χ4v) is 4.17. The summed E-state index contributed by atoms with van der Waals surface area (Å²) in [5, 5.41) is 3.58. The molecule has 0 radical (unpaired) electrons. The molecule has 0 fully saturated rings. The fraction of sp³-hybridized carbons (Fsp3) is 0.310. The lowest BCUT2D eigenvalue weighted by Crippen LogP contribution is -2.48. The number of benzene rings is 3. The summed E-state index contributed by atoms with van der Waals surface area (Å²) in [7, 11) is 0. The van der Waals surface area contributed by atoms with Crippen LogP contribution in [0.2, 0.25) is 5.02 Å². The normalized spacial score (nSPS) is 11.9. The summed E-state index contributed by atoms with van der Waals surface area (Å²) in [4.78, 5) is 28.4. The van der Waals surface area contributed by atoms with E-state index in [0.29, 0.717) is 24.0 Å². The third-order valence-electron chi connectivity index (χ3n) is 5.88. The molecule has 0 unspecified atom stereocenters. The Bertz CT molecular complexity index is 1030. The second kappa shape index (κ2) is 12.4. The summed E-state index contributed by atoms with van der Waals surface area (Å²) in [5.41, 5.74) is 3.03. The molecule has 0 spiro atoms. The van der Waals surface area contributed by atoms with Crippen molar-refractivity contribution in [2.24, 2.45) is 5.92 Å². The van der Waals surface area contributed by atoms with Crippen LogP contribution in [-0.2, 0) is 16.1 Å². The Morgan fingerprint density at radius 2 is 1.44 bits per heavy atom. The minimum absolute atomic E-state index is 0.0788. The van der Waals surface area contributed by atoms with Gasteiger partial charge in [-0.15, -0.1) is 0 Å². The third-order valence-corrected chi connectivity index (χ3v) is 6.11. The Hall–Kier alpha value is -3.11. The first-order chi connectivity index (χ1) is 16.3. The van der Waals surface area contributed by atoms with Crippen LogP contribution in [0.4, 0.5) is 0 Å². The number of hydrogen-bond donors (Lipinski definition) is 1. The van der Waals surface area contributed by atoms with Crippen LogP contribution in [0.25, 0.3) is 0 Å². The van der Waals surface area contributed by atoms with Crippen LogP contribution in [0.15, 0.2) is 84.9 Å². The second-order valence-corrected chi connectivity index (χ2v) is 9.48. The Labute approximate surface area is 207 Å². The van der Waals surface area contributed by atoms with Gasteiger partial charge in [-0.2, -0.15) is 0 Å². The molecule has 3 aromatic rings. The fourth-order valence-electron chi connectivity index (χ4n) is 3.96. The molecule has 3 aromatic carbocycles. The predicted molar refractivity (Wildman–Crippen MR) is 139 cm³/mol. The first-order valence-corrected chi connectivity index (χ1v) is 12.1. The van der Waals surface area contributed by atoms with Gasteiger partial charge in [0.05, 0.1) is 0 Å². The van der Waals surface area contributed by atoms with Crippen molar-refractivity contribution in [2.45, 2.75) is 45.7 Å². The van der Waals surface area contributed by atoms with E-state index < -0.39 is 6.04 Å². The molecule has 0 aromatic heterocycles. The third kappa shape index (κ3) is 7.19. The minimum atomic E-state index is -0.613. The molecule has 0 bridgehead atoms. The first-order valence-electron chi connectivity index (χ1n) is 11.8. The van der Waals surface area contributed by atoms with Gasteiger partial charge < -0.3 is 10.2 Å². The number of hydrogen-bond acceptors (Lipinski definition) is 2. The number of nitrogens with zero attached hydrogens (tertiary/aromatic N) is 1. The molecular weight excluding hydrogens is 444 g/mol. The molecule has 2 amide bonds. The number of amides is 2. The van der Waals surface area contributed by atoms with Crippen LogP contribution in [0.1, 0.15) is 49.8 Å². The standard InChI is InChI=1S/C29H33ClN2O2/c1-21(2)19-31-29(34)22(3)32(20-23-11-10-16-26(30)17-23)28(33)18-27(24-12-6-4-7-13-24)25-14-8-5-9-15-25/h4-17,21-22,27H,18-20H2,1-3H3,(H,31,34)/t22-/m0/s1. The van der Waals surface area contributed by atoms with Gasteiger partial charge in [-0.25, -0.2) is 0 Å². The molecule has 178 valence electrons. The zero-order valence-corrected chi connectivity index (χ0v) is 20.8. The van der Waals surface area contributed by atoms with Crippen LogP contribution < -0.4 is 5.32 Å². The van der Waals surface area contributed by atoms with Gasteiger partial charge in [-0.1, -0.05) is 98.2 Å². The Morgan fingerprint density at radius 3 is 1.97 bits per heavy atom. The molecule has 1 atom stereocenters. The number of rotatable bonds is 10. The van der Waals surface area contributed by atoms with Crippen LogP contribution in [0, 0.1) is 5.92 Å². The number of nitrogens with one attached hydrogen (secondary N) is 1. The molecule has 34 heavy (non-hydrogen) atoms. The quantitative estimate of drug-likeness (QED) is 0.387. The molecular formula is C29H33ClN2O2. The van der Waals surface area contributed by atoms with Gasteiger partial charge >= 0.3 is 0 Å². The maximum absolute atomic E-state index is 13.8. The van der Waals surface area contributed by atoms with E-state index in [1.165, 1.54) is 0 Å². The van der Waals surface area contributed by atoms with Gasteiger partial charge in [0.2, 0.25) is 11.8 Å². The lowest BCUT2D eigenvalue weighted by atomic mass is 9.88. The Balaban J connectivity index is 1.89. The molecule has 0 heterocycles. The van der Waals surface area contributed by atoms with E-state index in [9.17, 15) is 9.59 Å². The van der Waals surface area contributed by atoms with Crippen LogP contribution in [0.5, 0.6) is 0 Å². The molecule has 0 saturated heterocycles. The zero-order chi connectivity index (χ0) is 24.5. The smallest absolute Gasteiger partial charge is 0.242 e. The largest absolute Gasteiger partial charge is 0.354 e. The Kier molecular flexibility index (Phi) is 9.29. The van der Waals surface area contributed by atoms with Crippen LogP contribution in [-0.4, -0.2) is 29.3 Å². The average Bonchev–Trinajstić information content (AvgIpc) is 2.85. The van der Waals surface area contributed by atoms with Crippen molar-refractivity contribution in [1.29, 1.82) is 0 Å². The van der Waals surface area contributed by atoms with E-state index >= 15 is 0 Å². The van der Waals surface area contributed by atoms with E-state index in [1.54, 1.807) is 17.9 Å². The van der Waals surface area contributed by atoms with E-state index in [4.69, 9.17) is 11.6 Å². The zero-order valence-electron chi connectivity index (χ0n) is 20.1. The minimum Gasteiger partial charge on any atom is -0.354 e. The van der Waals surface area contributed by atoms with Gasteiger partial charge in [0.25, 0.3) is 0 Å². The average molecular weight is 477 g/mol. The maximum atomic E-state index is 13.8. The van der Waals surface area contributed by atoms with Crippen molar-refractivity contribution in [2.75, 3.05) is 6.54 Å². The summed E-state index contributed by atoms with van der Waals surface area (Å²) in [6.07, 6.45) is 0.260. The van der Waals surface area contributed by atoms with Crippen LogP contribution in [0.3, 0.4) is 0 Å². The van der Waals surface area contributed by atoms with Crippen molar-refractivity contribution in [3.63, 3.8) is 0 Å². The predicted octanol–water partition coefficient (Wildman–Crippen LogP) is 6.05. The monoisotopic (exact) mass is 476 g/mol. The molecule has 4 nitrogen and oxygen atoms in total. The lowest BCUT2D eigenvalue weighted by Gasteiger charge is -2.31. The number of carbonyl (C=O) groups excluding carboxylic acids is 2. The maximum Gasteiger partial charge on any atom is 0.242 e. The van der Waals surface area contributed by atoms with Gasteiger partial charge in [0.1, 0.15) is 6.04 Å². The summed E-state index contributed by atoms with van der Waals surface area (Å²) in [5.74, 6) is -0.0126. The van der Waals surface area contributed by atoms with Gasteiger partial charge in [-0.3, -0.25) is 9.59 Å². The molecule has 0 aliphatic heterocycles. The summed E-state index contributed by atoms with van der Waals surface area (Å²) in [6.45, 7) is 6.76. The van der Waals surface area contributed by atoms with E-state index in [-0.39, 0.29) is 24.2 Å². The molecule has 0 aliphatic carbocycles. The lowest BCUT2D eigenvalue weighted by molar-refractivity contribution is -0.140. The van der Waals surface area contributed by atoms with Gasteiger partial charge in [0.15, 0.2) is 0 Å². The highest BCUT2D eigenvalue weighted by Gasteiger charge is 2.29. The highest BCUT2D eigenvalue weighted by atomic mass is 35.5. The number of carbonyl (C=O) groups is 2. The highest BCUT2D eigenvalue weighted by molar-refractivity contribution is 6.30. The highest BCUT2D eigenvalue weighted by Crippen LogP contribution is 2.29.